The van der Waals surface area contributed by atoms with Gasteiger partial charge in [0.1, 0.15) is 5.75 Å². The number of hydrogen-bond donors (Lipinski definition) is 3. The Labute approximate surface area is 64.9 Å². The molecule has 0 aliphatic rings. The quantitative estimate of drug-likeness (QED) is 0.546. The van der Waals surface area contributed by atoms with Gasteiger partial charge in [-0.05, 0) is 6.07 Å². The highest BCUT2D eigenvalue weighted by Gasteiger charge is 2.07. The lowest BCUT2D eigenvalue weighted by atomic mass is 10.1. The largest absolute Gasteiger partial charge is 0.506 e. The Morgan fingerprint density at radius 2 is 2.36 bits per heavy atom. The maximum Gasteiger partial charge on any atom is 0.138 e. The SMILES string of the molecule is NCC(N)c1ccncc1O. The first-order valence-electron chi connectivity index (χ1n) is 3.34. The summed E-state index contributed by atoms with van der Waals surface area (Å²) >= 11 is 0. The van der Waals surface area contributed by atoms with Gasteiger partial charge in [-0.3, -0.25) is 4.98 Å². The molecule has 5 N–H and O–H groups in total. The average molecular weight is 153 g/mol. The summed E-state index contributed by atoms with van der Waals surface area (Å²) < 4.78 is 0. The molecule has 0 saturated heterocycles. The summed E-state index contributed by atoms with van der Waals surface area (Å²) in [4.78, 5) is 3.72. The van der Waals surface area contributed by atoms with E-state index in [4.69, 9.17) is 11.5 Å². The van der Waals surface area contributed by atoms with Crippen LogP contribution >= 0.6 is 0 Å². The zero-order valence-corrected chi connectivity index (χ0v) is 6.07. The maximum absolute atomic E-state index is 9.21. The Bertz CT molecular complexity index is 239. The van der Waals surface area contributed by atoms with E-state index < -0.39 is 0 Å². The van der Waals surface area contributed by atoms with E-state index >= 15 is 0 Å². The molecule has 0 fully saturated rings. The number of aromatic nitrogens is 1. The molecule has 4 nitrogen and oxygen atoms in total. The fourth-order valence-corrected chi connectivity index (χ4v) is 0.837. The molecule has 0 bridgehead atoms. The topological polar surface area (TPSA) is 85.2 Å². The fraction of sp³-hybridized carbons (Fsp3) is 0.286. The van der Waals surface area contributed by atoms with E-state index in [0.717, 1.165) is 0 Å². The van der Waals surface area contributed by atoms with Crippen LogP contribution in [-0.2, 0) is 0 Å². The molecule has 11 heavy (non-hydrogen) atoms. The number of hydrogen-bond acceptors (Lipinski definition) is 4. The number of nitrogens with zero attached hydrogens (tertiary/aromatic N) is 1. The predicted octanol–water partition coefficient (Wildman–Crippen LogP) is -0.254. The molecule has 1 heterocycles. The van der Waals surface area contributed by atoms with Crippen LogP contribution < -0.4 is 11.5 Å². The third-order valence-electron chi connectivity index (χ3n) is 1.49. The van der Waals surface area contributed by atoms with Crippen molar-refractivity contribution >= 4 is 0 Å². The van der Waals surface area contributed by atoms with Crippen LogP contribution in [-0.4, -0.2) is 16.6 Å². The molecule has 0 spiro atoms. The Kier molecular flexibility index (Phi) is 2.40. The molecule has 0 aliphatic heterocycles. The van der Waals surface area contributed by atoms with E-state index in [0.29, 0.717) is 12.1 Å². The number of pyridine rings is 1. The smallest absolute Gasteiger partial charge is 0.138 e. The first kappa shape index (κ1) is 7.97. The third kappa shape index (κ3) is 1.66. The second-order valence-electron chi connectivity index (χ2n) is 2.28. The Morgan fingerprint density at radius 1 is 1.64 bits per heavy atom. The van der Waals surface area contributed by atoms with Crippen LogP contribution in [0.5, 0.6) is 5.75 Å². The van der Waals surface area contributed by atoms with Gasteiger partial charge in [0.25, 0.3) is 0 Å². The summed E-state index contributed by atoms with van der Waals surface area (Å²) in [6.07, 6.45) is 2.93. The fourth-order valence-electron chi connectivity index (χ4n) is 0.837. The van der Waals surface area contributed by atoms with Gasteiger partial charge in [0.15, 0.2) is 0 Å². The van der Waals surface area contributed by atoms with Crippen molar-refractivity contribution in [3.63, 3.8) is 0 Å². The van der Waals surface area contributed by atoms with E-state index in [9.17, 15) is 5.11 Å². The van der Waals surface area contributed by atoms with Gasteiger partial charge in [-0.25, -0.2) is 0 Å². The molecule has 4 heteroatoms. The van der Waals surface area contributed by atoms with Crippen LogP contribution in [0.3, 0.4) is 0 Å². The molecule has 0 amide bonds. The molecule has 0 aromatic carbocycles. The Morgan fingerprint density at radius 3 is 2.91 bits per heavy atom. The predicted molar refractivity (Wildman–Crippen MR) is 41.9 cm³/mol. The van der Waals surface area contributed by atoms with Gasteiger partial charge >= 0.3 is 0 Å². The number of aromatic hydroxyl groups is 1. The first-order valence-corrected chi connectivity index (χ1v) is 3.34. The molecule has 60 valence electrons. The summed E-state index contributed by atoms with van der Waals surface area (Å²) in [6, 6.07) is 1.35. The Hall–Kier alpha value is -1.13. The molecule has 1 atom stereocenters. The molecule has 1 rings (SSSR count). The van der Waals surface area contributed by atoms with Crippen LogP contribution in [0, 0.1) is 0 Å². The van der Waals surface area contributed by atoms with Gasteiger partial charge < -0.3 is 16.6 Å². The Balaban J connectivity index is 2.93. The van der Waals surface area contributed by atoms with Crippen LogP contribution in [0.4, 0.5) is 0 Å². The van der Waals surface area contributed by atoms with Gasteiger partial charge in [-0.1, -0.05) is 0 Å². The molecule has 1 aromatic heterocycles. The van der Waals surface area contributed by atoms with E-state index in [1.165, 1.54) is 6.20 Å². The van der Waals surface area contributed by atoms with E-state index in [2.05, 4.69) is 4.98 Å². The summed E-state index contributed by atoms with van der Waals surface area (Å²) in [7, 11) is 0. The van der Waals surface area contributed by atoms with Crippen LogP contribution in [0.1, 0.15) is 11.6 Å². The molecule has 0 aliphatic carbocycles. The third-order valence-corrected chi connectivity index (χ3v) is 1.49. The minimum Gasteiger partial charge on any atom is -0.506 e. The van der Waals surface area contributed by atoms with Crippen molar-refractivity contribution in [2.75, 3.05) is 6.54 Å². The molecular weight excluding hydrogens is 142 g/mol. The summed E-state index contributed by atoms with van der Waals surface area (Å²) in [5.74, 6) is 0.102. The number of rotatable bonds is 2. The van der Waals surface area contributed by atoms with E-state index in [1.54, 1.807) is 12.3 Å². The molecule has 0 saturated carbocycles. The van der Waals surface area contributed by atoms with Gasteiger partial charge in [-0.2, -0.15) is 0 Å². The van der Waals surface area contributed by atoms with Crippen molar-refractivity contribution in [2.24, 2.45) is 11.5 Å². The average Bonchev–Trinajstić information content (AvgIpc) is 2.04. The first-order chi connectivity index (χ1) is 5.25. The molecule has 0 radical (unpaired) electrons. The van der Waals surface area contributed by atoms with Crippen molar-refractivity contribution in [3.05, 3.63) is 24.0 Å². The van der Waals surface area contributed by atoms with Crippen molar-refractivity contribution < 1.29 is 5.11 Å². The van der Waals surface area contributed by atoms with Crippen LogP contribution in [0.15, 0.2) is 18.5 Å². The second kappa shape index (κ2) is 3.32. The highest BCUT2D eigenvalue weighted by molar-refractivity contribution is 5.31. The van der Waals surface area contributed by atoms with Crippen LogP contribution in [0.2, 0.25) is 0 Å². The summed E-state index contributed by atoms with van der Waals surface area (Å²) in [5, 5.41) is 9.21. The minimum absolute atomic E-state index is 0.102. The maximum atomic E-state index is 9.21. The minimum atomic E-state index is -0.307. The van der Waals surface area contributed by atoms with Crippen molar-refractivity contribution in [1.29, 1.82) is 0 Å². The zero-order chi connectivity index (χ0) is 8.27. The molecular formula is C7H11N3O. The molecule has 1 unspecified atom stereocenters. The van der Waals surface area contributed by atoms with E-state index in [-0.39, 0.29) is 11.8 Å². The van der Waals surface area contributed by atoms with Gasteiger partial charge in [0, 0.05) is 24.3 Å². The van der Waals surface area contributed by atoms with Gasteiger partial charge in [0.2, 0.25) is 0 Å². The van der Waals surface area contributed by atoms with Gasteiger partial charge in [0.05, 0.1) is 6.20 Å². The molecule has 1 aromatic rings. The lowest BCUT2D eigenvalue weighted by Gasteiger charge is -2.09. The van der Waals surface area contributed by atoms with Gasteiger partial charge in [-0.15, -0.1) is 0 Å². The summed E-state index contributed by atoms with van der Waals surface area (Å²) in [6.45, 7) is 0.317. The highest BCUT2D eigenvalue weighted by Crippen LogP contribution is 2.19. The summed E-state index contributed by atoms with van der Waals surface area (Å²) in [5.41, 5.74) is 11.5. The van der Waals surface area contributed by atoms with Crippen molar-refractivity contribution in [1.82, 2.24) is 4.98 Å². The lowest BCUT2D eigenvalue weighted by molar-refractivity contribution is 0.459. The lowest BCUT2D eigenvalue weighted by Crippen LogP contribution is -2.20. The zero-order valence-electron chi connectivity index (χ0n) is 6.07. The van der Waals surface area contributed by atoms with E-state index in [1.807, 2.05) is 0 Å². The van der Waals surface area contributed by atoms with Crippen molar-refractivity contribution in [2.45, 2.75) is 6.04 Å². The van der Waals surface area contributed by atoms with Crippen LogP contribution in [0.25, 0.3) is 0 Å². The second-order valence-corrected chi connectivity index (χ2v) is 2.28. The normalized spacial score (nSPS) is 12.9. The number of nitrogens with two attached hydrogens (primary N) is 2. The highest BCUT2D eigenvalue weighted by atomic mass is 16.3. The van der Waals surface area contributed by atoms with Crippen molar-refractivity contribution in [3.8, 4) is 5.75 Å². The monoisotopic (exact) mass is 153 g/mol. The standard InChI is InChI=1S/C7H11N3O/c8-3-6(9)5-1-2-10-4-7(5)11/h1-2,4,6,11H,3,8-9H2.